The highest BCUT2D eigenvalue weighted by molar-refractivity contribution is 4.90. The van der Waals surface area contributed by atoms with Crippen molar-refractivity contribution in [3.05, 3.63) is 0 Å². The molecule has 0 bridgehead atoms. The van der Waals surface area contributed by atoms with Crippen LogP contribution >= 0.6 is 0 Å². The molecule has 2 aliphatic rings. The predicted molar refractivity (Wildman–Crippen MR) is 66.8 cm³/mol. The number of hydrogen-bond donors (Lipinski definition) is 0. The van der Waals surface area contributed by atoms with E-state index >= 15 is 0 Å². The van der Waals surface area contributed by atoms with Gasteiger partial charge in [-0.3, -0.25) is 0 Å². The van der Waals surface area contributed by atoms with Gasteiger partial charge in [0.25, 0.3) is 0 Å². The lowest BCUT2D eigenvalue weighted by atomic mass is 9.89. The molecule has 0 amide bonds. The minimum atomic E-state index is 0.267. The summed E-state index contributed by atoms with van der Waals surface area (Å²) in [6, 6.07) is 0. The summed E-state index contributed by atoms with van der Waals surface area (Å²) < 4.78 is 11.0. The summed E-state index contributed by atoms with van der Waals surface area (Å²) in [7, 11) is 1.77. The molecule has 0 aromatic rings. The molecule has 3 nitrogen and oxygen atoms in total. The third-order valence-corrected chi connectivity index (χ3v) is 3.56. The lowest BCUT2D eigenvalue weighted by molar-refractivity contribution is -0.0459. The van der Waals surface area contributed by atoms with Gasteiger partial charge in [-0.15, -0.1) is 0 Å². The molecule has 2 aliphatic heterocycles. The van der Waals surface area contributed by atoms with Gasteiger partial charge in [-0.1, -0.05) is 13.8 Å². The molecule has 0 unspecified atom stereocenters. The molecule has 3 heteroatoms. The molecule has 0 radical (unpaired) electrons. The third-order valence-electron chi connectivity index (χ3n) is 3.56. The monoisotopic (exact) mass is 229 g/mol. The smallest absolute Gasteiger partial charge is 0.0707 e. The molecule has 96 valence electrons. The van der Waals surface area contributed by atoms with E-state index in [4.69, 9.17) is 9.47 Å². The lowest BCUT2D eigenvalue weighted by Crippen LogP contribution is -2.44. The van der Waals surface area contributed by atoms with Gasteiger partial charge in [-0.2, -0.15) is 0 Å². The SMILES string of the molecule is CC.COCCN1CCC2(CCCO2)CC1. The van der Waals surface area contributed by atoms with Crippen LogP contribution in [0.5, 0.6) is 0 Å². The minimum Gasteiger partial charge on any atom is -0.383 e. The molecule has 2 saturated heterocycles. The van der Waals surface area contributed by atoms with E-state index in [1.54, 1.807) is 7.11 Å². The molecule has 0 aliphatic carbocycles. The zero-order chi connectivity index (χ0) is 11.9. The number of rotatable bonds is 3. The van der Waals surface area contributed by atoms with Gasteiger partial charge < -0.3 is 14.4 Å². The highest BCUT2D eigenvalue weighted by atomic mass is 16.5. The molecule has 2 rings (SSSR count). The molecule has 2 heterocycles. The van der Waals surface area contributed by atoms with Crippen molar-refractivity contribution in [1.29, 1.82) is 0 Å². The van der Waals surface area contributed by atoms with Crippen molar-refractivity contribution in [3.8, 4) is 0 Å². The van der Waals surface area contributed by atoms with Crippen LogP contribution in [-0.4, -0.2) is 50.5 Å². The quantitative estimate of drug-likeness (QED) is 0.741. The van der Waals surface area contributed by atoms with E-state index in [1.165, 1.54) is 38.8 Å². The van der Waals surface area contributed by atoms with Crippen LogP contribution in [0.4, 0.5) is 0 Å². The van der Waals surface area contributed by atoms with E-state index in [1.807, 2.05) is 13.8 Å². The first-order valence-corrected chi connectivity index (χ1v) is 6.70. The topological polar surface area (TPSA) is 21.7 Å². The fourth-order valence-corrected chi connectivity index (χ4v) is 2.55. The first-order valence-electron chi connectivity index (χ1n) is 6.70. The van der Waals surface area contributed by atoms with Crippen molar-refractivity contribution in [2.45, 2.75) is 45.1 Å². The number of likely N-dealkylation sites (tertiary alicyclic amines) is 1. The molecule has 0 saturated carbocycles. The predicted octanol–water partition coefficient (Wildman–Crippen LogP) is 2.30. The highest BCUT2D eigenvalue weighted by Crippen LogP contribution is 2.35. The van der Waals surface area contributed by atoms with Crippen molar-refractivity contribution < 1.29 is 9.47 Å². The zero-order valence-electron chi connectivity index (χ0n) is 11.1. The van der Waals surface area contributed by atoms with Crippen molar-refractivity contribution in [1.82, 2.24) is 4.90 Å². The van der Waals surface area contributed by atoms with E-state index < -0.39 is 0 Å². The van der Waals surface area contributed by atoms with Crippen LogP contribution in [0.2, 0.25) is 0 Å². The van der Waals surface area contributed by atoms with E-state index in [0.29, 0.717) is 0 Å². The van der Waals surface area contributed by atoms with E-state index in [-0.39, 0.29) is 5.60 Å². The second-order valence-corrected chi connectivity index (χ2v) is 4.47. The van der Waals surface area contributed by atoms with Gasteiger partial charge in [-0.25, -0.2) is 0 Å². The number of hydrogen-bond acceptors (Lipinski definition) is 3. The Morgan fingerprint density at radius 3 is 2.38 bits per heavy atom. The van der Waals surface area contributed by atoms with Gasteiger partial charge in [0.1, 0.15) is 0 Å². The Morgan fingerprint density at radius 1 is 1.19 bits per heavy atom. The zero-order valence-corrected chi connectivity index (χ0v) is 11.1. The second-order valence-electron chi connectivity index (χ2n) is 4.47. The summed E-state index contributed by atoms with van der Waals surface area (Å²) in [5.41, 5.74) is 0.267. The fraction of sp³-hybridized carbons (Fsp3) is 1.00. The summed E-state index contributed by atoms with van der Waals surface area (Å²) in [4.78, 5) is 2.48. The molecular formula is C13H27NO2. The maximum absolute atomic E-state index is 5.88. The second kappa shape index (κ2) is 7.25. The van der Waals surface area contributed by atoms with Crippen molar-refractivity contribution in [3.63, 3.8) is 0 Å². The van der Waals surface area contributed by atoms with Gasteiger partial charge in [0, 0.05) is 33.4 Å². The Hall–Kier alpha value is -0.120. The van der Waals surface area contributed by atoms with Gasteiger partial charge >= 0.3 is 0 Å². The van der Waals surface area contributed by atoms with Crippen molar-refractivity contribution >= 4 is 0 Å². The van der Waals surface area contributed by atoms with E-state index in [9.17, 15) is 0 Å². The van der Waals surface area contributed by atoms with Crippen molar-refractivity contribution in [2.75, 3.05) is 40.0 Å². The molecule has 0 aromatic carbocycles. The number of ether oxygens (including phenoxy) is 2. The molecule has 0 N–H and O–H groups in total. The first kappa shape index (κ1) is 13.9. The fourth-order valence-electron chi connectivity index (χ4n) is 2.55. The van der Waals surface area contributed by atoms with E-state index in [2.05, 4.69) is 4.90 Å². The summed E-state index contributed by atoms with van der Waals surface area (Å²) in [6.07, 6.45) is 4.98. The average Bonchev–Trinajstić information content (AvgIpc) is 2.80. The Morgan fingerprint density at radius 2 is 1.88 bits per heavy atom. The maximum atomic E-state index is 5.88. The minimum absolute atomic E-state index is 0.267. The Kier molecular flexibility index (Phi) is 6.32. The van der Waals surface area contributed by atoms with Crippen LogP contribution in [0.15, 0.2) is 0 Å². The average molecular weight is 229 g/mol. The highest BCUT2D eigenvalue weighted by Gasteiger charge is 2.37. The summed E-state index contributed by atoms with van der Waals surface area (Å²) >= 11 is 0. The van der Waals surface area contributed by atoms with Crippen LogP contribution in [0, 0.1) is 0 Å². The molecule has 16 heavy (non-hydrogen) atoms. The van der Waals surface area contributed by atoms with E-state index in [0.717, 1.165) is 19.8 Å². The molecular weight excluding hydrogens is 202 g/mol. The van der Waals surface area contributed by atoms with Gasteiger partial charge in [-0.05, 0) is 25.7 Å². The van der Waals surface area contributed by atoms with Crippen LogP contribution in [0.3, 0.4) is 0 Å². The Bertz CT molecular complexity index is 169. The van der Waals surface area contributed by atoms with Gasteiger partial charge in [0.05, 0.1) is 12.2 Å². The Labute approximate surface area is 100 Å². The molecule has 0 atom stereocenters. The molecule has 1 spiro atoms. The Balaban J connectivity index is 0.000000606. The normalized spacial score (nSPS) is 24.2. The van der Waals surface area contributed by atoms with Crippen LogP contribution in [0.25, 0.3) is 0 Å². The van der Waals surface area contributed by atoms with Gasteiger partial charge in [0.2, 0.25) is 0 Å². The molecule has 2 fully saturated rings. The largest absolute Gasteiger partial charge is 0.383 e. The first-order chi connectivity index (χ1) is 7.85. The van der Waals surface area contributed by atoms with Crippen LogP contribution in [-0.2, 0) is 9.47 Å². The third kappa shape index (κ3) is 3.72. The van der Waals surface area contributed by atoms with Crippen molar-refractivity contribution in [2.24, 2.45) is 0 Å². The summed E-state index contributed by atoms with van der Waals surface area (Å²) in [5.74, 6) is 0. The summed E-state index contributed by atoms with van der Waals surface area (Å²) in [5, 5.41) is 0. The van der Waals surface area contributed by atoms with Crippen LogP contribution in [0.1, 0.15) is 39.5 Å². The number of methoxy groups -OCH3 is 1. The number of piperidine rings is 1. The number of nitrogens with zero attached hydrogens (tertiary/aromatic N) is 1. The molecule has 0 aromatic heterocycles. The van der Waals surface area contributed by atoms with Crippen LogP contribution < -0.4 is 0 Å². The summed E-state index contributed by atoms with van der Waals surface area (Å²) in [6.45, 7) is 9.28. The van der Waals surface area contributed by atoms with Gasteiger partial charge in [0.15, 0.2) is 0 Å². The standard InChI is InChI=1S/C11H21NO2.C2H6/c1-13-10-8-12-6-4-11(5-7-12)3-2-9-14-11;1-2/h2-10H2,1H3;1-2H3. The lowest BCUT2D eigenvalue weighted by Gasteiger charge is -2.38. The maximum Gasteiger partial charge on any atom is 0.0707 e.